The summed E-state index contributed by atoms with van der Waals surface area (Å²) in [5.74, 6) is -1.19. The molecule has 1 atom stereocenters. The largest absolute Gasteiger partial charge is 0.479 e. The summed E-state index contributed by atoms with van der Waals surface area (Å²) in [6.45, 7) is 12.4. The maximum atomic E-state index is 9.45. The van der Waals surface area contributed by atoms with Crippen LogP contribution in [-0.2, 0) is 4.79 Å². The number of aliphatic carboxylic acids is 1. The molecule has 0 heterocycles. The molecule has 4 nitrogen and oxygen atoms in total. The Morgan fingerprint density at radius 1 is 1.22 bits per heavy atom. The highest BCUT2D eigenvalue weighted by Crippen LogP contribution is 2.40. The molecule has 0 aliphatic heterocycles. The minimum absolute atomic E-state index is 0.0985. The Kier molecular flexibility index (Phi) is 11.6. The zero-order chi connectivity index (χ0) is 21.0. The molecule has 1 rings (SSSR count). The van der Waals surface area contributed by atoms with Crippen LogP contribution in [0.3, 0.4) is 0 Å². The van der Waals surface area contributed by atoms with Gasteiger partial charge in [-0.05, 0) is 57.9 Å². The van der Waals surface area contributed by atoms with Gasteiger partial charge in [-0.2, -0.15) is 0 Å². The van der Waals surface area contributed by atoms with Crippen molar-refractivity contribution in [1.82, 2.24) is 0 Å². The number of carboxylic acids is 1. The Bertz CT molecular complexity index is 629. The molecule has 0 aromatic carbocycles. The highest BCUT2D eigenvalue weighted by atomic mass is 16.4. The van der Waals surface area contributed by atoms with E-state index in [9.17, 15) is 4.79 Å². The van der Waals surface area contributed by atoms with Gasteiger partial charge in [0.1, 0.15) is 6.10 Å². The molecule has 1 unspecified atom stereocenters. The summed E-state index contributed by atoms with van der Waals surface area (Å²) >= 11 is 0. The molecule has 0 radical (unpaired) electrons. The van der Waals surface area contributed by atoms with Gasteiger partial charge in [0.15, 0.2) is 0 Å². The number of allylic oxidation sites excluding steroid dienone is 9. The van der Waals surface area contributed by atoms with Crippen LogP contribution in [0, 0.1) is 5.41 Å². The van der Waals surface area contributed by atoms with E-state index in [1.165, 1.54) is 42.9 Å². The van der Waals surface area contributed by atoms with Gasteiger partial charge in [0.2, 0.25) is 0 Å². The standard InChI is InChI=1S/C20H30O.C3H6O3/c1-16(8-6-9-17(2)13-15-21)11-12-19-18(3)10-7-14-20(19,4)5;1-2(4)3(5)6/h6,8-9,11-13,21H,7,10,14-15H2,1-5H3;2,4H,1H3,(H,5,6)/b9-6+,12-11+,16-8+,17-13+;. The first kappa shape index (κ1) is 25.1. The van der Waals surface area contributed by atoms with E-state index in [0.717, 1.165) is 5.57 Å². The van der Waals surface area contributed by atoms with E-state index in [1.807, 2.05) is 19.1 Å². The Morgan fingerprint density at radius 2 is 1.81 bits per heavy atom. The number of rotatable bonds is 6. The second-order valence-electron chi connectivity index (χ2n) is 7.68. The number of hydrogen-bond acceptors (Lipinski definition) is 3. The summed E-state index contributed by atoms with van der Waals surface area (Å²) in [7, 11) is 0. The first-order valence-electron chi connectivity index (χ1n) is 9.43. The molecule has 0 bridgehead atoms. The molecule has 0 saturated heterocycles. The molecule has 0 aromatic heterocycles. The number of aliphatic hydroxyl groups excluding tert-OH is 2. The molecule has 152 valence electrons. The molecule has 1 aliphatic carbocycles. The minimum Gasteiger partial charge on any atom is -0.479 e. The zero-order valence-corrected chi connectivity index (χ0v) is 17.6. The van der Waals surface area contributed by atoms with Crippen molar-refractivity contribution in [3.63, 3.8) is 0 Å². The van der Waals surface area contributed by atoms with Gasteiger partial charge in [-0.15, -0.1) is 0 Å². The van der Waals surface area contributed by atoms with Crippen molar-refractivity contribution < 1.29 is 20.1 Å². The van der Waals surface area contributed by atoms with E-state index < -0.39 is 12.1 Å². The molecule has 1 aliphatic rings. The van der Waals surface area contributed by atoms with Crippen molar-refractivity contribution in [2.45, 2.75) is 66.9 Å². The molecular weight excluding hydrogens is 340 g/mol. The quantitative estimate of drug-likeness (QED) is 0.572. The van der Waals surface area contributed by atoms with E-state index in [-0.39, 0.29) is 6.61 Å². The van der Waals surface area contributed by atoms with Crippen molar-refractivity contribution in [3.05, 3.63) is 58.7 Å². The van der Waals surface area contributed by atoms with Crippen molar-refractivity contribution in [2.24, 2.45) is 5.41 Å². The third-order valence-corrected chi connectivity index (χ3v) is 4.54. The molecule has 3 N–H and O–H groups in total. The summed E-state index contributed by atoms with van der Waals surface area (Å²) < 4.78 is 0. The van der Waals surface area contributed by atoms with Crippen LogP contribution in [0.15, 0.2) is 58.7 Å². The second-order valence-corrected chi connectivity index (χ2v) is 7.68. The van der Waals surface area contributed by atoms with E-state index >= 15 is 0 Å². The van der Waals surface area contributed by atoms with Gasteiger partial charge in [0.05, 0.1) is 6.61 Å². The third kappa shape index (κ3) is 10.7. The van der Waals surface area contributed by atoms with Crippen LogP contribution in [0.5, 0.6) is 0 Å². The van der Waals surface area contributed by atoms with Crippen molar-refractivity contribution in [3.8, 4) is 0 Å². The normalized spacial score (nSPS) is 19.3. The van der Waals surface area contributed by atoms with Crippen molar-refractivity contribution in [2.75, 3.05) is 6.61 Å². The molecule has 0 aromatic rings. The maximum absolute atomic E-state index is 9.45. The Morgan fingerprint density at radius 3 is 2.30 bits per heavy atom. The van der Waals surface area contributed by atoms with Gasteiger partial charge >= 0.3 is 5.97 Å². The molecule has 0 saturated carbocycles. The fraction of sp³-hybridized carbons (Fsp3) is 0.522. The highest BCUT2D eigenvalue weighted by Gasteiger charge is 2.26. The topological polar surface area (TPSA) is 77.8 Å². The zero-order valence-electron chi connectivity index (χ0n) is 17.6. The van der Waals surface area contributed by atoms with Crippen molar-refractivity contribution >= 4 is 5.97 Å². The van der Waals surface area contributed by atoms with E-state index in [2.05, 4.69) is 45.9 Å². The fourth-order valence-corrected chi connectivity index (χ4v) is 2.84. The third-order valence-electron chi connectivity index (χ3n) is 4.54. The summed E-state index contributed by atoms with van der Waals surface area (Å²) in [6, 6.07) is 0. The molecule has 27 heavy (non-hydrogen) atoms. The number of carbonyl (C=O) groups is 1. The minimum atomic E-state index is -1.23. The van der Waals surface area contributed by atoms with Crippen LogP contribution >= 0.6 is 0 Å². The fourth-order valence-electron chi connectivity index (χ4n) is 2.84. The van der Waals surface area contributed by atoms with Crippen LogP contribution in [0.2, 0.25) is 0 Å². The maximum Gasteiger partial charge on any atom is 0.332 e. The van der Waals surface area contributed by atoms with Gasteiger partial charge in [0, 0.05) is 0 Å². The lowest BCUT2D eigenvalue weighted by Crippen LogP contribution is -2.19. The molecular formula is C23H36O4. The summed E-state index contributed by atoms with van der Waals surface area (Å²) in [6.07, 6.45) is 15.1. The molecule has 0 amide bonds. The van der Waals surface area contributed by atoms with Crippen LogP contribution < -0.4 is 0 Å². The molecule has 0 fully saturated rings. The number of hydrogen-bond donors (Lipinski definition) is 3. The van der Waals surface area contributed by atoms with Gasteiger partial charge in [-0.25, -0.2) is 4.79 Å². The lowest BCUT2D eigenvalue weighted by molar-refractivity contribution is -0.145. The Balaban J connectivity index is 0.000000972. The average Bonchev–Trinajstić information content (AvgIpc) is 2.54. The van der Waals surface area contributed by atoms with E-state index in [0.29, 0.717) is 5.41 Å². The second kappa shape index (κ2) is 12.5. The monoisotopic (exact) mass is 376 g/mol. The van der Waals surface area contributed by atoms with Crippen molar-refractivity contribution in [1.29, 1.82) is 0 Å². The Hall–Kier alpha value is -1.91. The lowest BCUT2D eigenvalue weighted by Gasteiger charge is -2.32. The van der Waals surface area contributed by atoms with Gasteiger partial charge in [-0.3, -0.25) is 0 Å². The molecule has 4 heteroatoms. The van der Waals surface area contributed by atoms with Crippen LogP contribution in [0.4, 0.5) is 0 Å². The summed E-state index contributed by atoms with van der Waals surface area (Å²) in [4.78, 5) is 9.45. The number of carboxylic acid groups (broad SMARTS) is 1. The smallest absolute Gasteiger partial charge is 0.332 e. The SMILES string of the molecule is CC(O)C(=O)O.CC1=C(/C=C/C(C)=C/C=C/C(C)=C/CO)C(C)(C)CCC1. The average molecular weight is 377 g/mol. The van der Waals surface area contributed by atoms with Crippen LogP contribution in [0.1, 0.15) is 60.8 Å². The van der Waals surface area contributed by atoms with E-state index in [1.54, 1.807) is 6.08 Å². The van der Waals surface area contributed by atoms with Gasteiger partial charge < -0.3 is 15.3 Å². The van der Waals surface area contributed by atoms with E-state index in [4.69, 9.17) is 15.3 Å². The predicted molar refractivity (Wildman–Crippen MR) is 113 cm³/mol. The number of aliphatic hydroxyl groups is 2. The summed E-state index contributed by atoms with van der Waals surface area (Å²) in [5, 5.41) is 24.6. The first-order chi connectivity index (χ1) is 12.5. The highest BCUT2D eigenvalue weighted by molar-refractivity contribution is 5.71. The molecule has 0 spiro atoms. The van der Waals surface area contributed by atoms with Gasteiger partial charge in [-0.1, -0.05) is 67.0 Å². The first-order valence-corrected chi connectivity index (χ1v) is 9.43. The lowest BCUT2D eigenvalue weighted by atomic mass is 9.72. The van der Waals surface area contributed by atoms with Crippen LogP contribution in [-0.4, -0.2) is 34.0 Å². The predicted octanol–water partition coefficient (Wildman–Crippen LogP) is 4.96. The van der Waals surface area contributed by atoms with Crippen LogP contribution in [0.25, 0.3) is 0 Å². The summed E-state index contributed by atoms with van der Waals surface area (Å²) in [5.41, 5.74) is 5.66. The van der Waals surface area contributed by atoms with Gasteiger partial charge in [0.25, 0.3) is 0 Å². The Labute approximate surface area is 164 Å².